The summed E-state index contributed by atoms with van der Waals surface area (Å²) in [5, 5.41) is 0. The van der Waals surface area contributed by atoms with Gasteiger partial charge in [-0.15, -0.1) is 0 Å². The molecule has 75 heavy (non-hydrogen) atoms. The minimum absolute atomic E-state index is 0.0823. The highest BCUT2D eigenvalue weighted by atomic mass is 16.6. The summed E-state index contributed by atoms with van der Waals surface area (Å²) in [5.74, 6) is -0.894. The third-order valence-electron chi connectivity index (χ3n) is 14.5. The van der Waals surface area contributed by atoms with E-state index in [2.05, 4.69) is 81.5 Å². The van der Waals surface area contributed by atoms with E-state index in [4.69, 9.17) is 14.2 Å². The first-order chi connectivity index (χ1) is 37.0. The third-order valence-corrected chi connectivity index (χ3v) is 14.5. The third kappa shape index (κ3) is 61.8. The lowest BCUT2D eigenvalue weighted by Crippen LogP contribution is -2.30. The zero-order chi connectivity index (χ0) is 54.3. The van der Waals surface area contributed by atoms with Crippen molar-refractivity contribution in [3.63, 3.8) is 0 Å². The molecule has 0 radical (unpaired) electrons. The van der Waals surface area contributed by atoms with Crippen LogP contribution in [0.1, 0.15) is 342 Å². The molecule has 0 fully saturated rings. The largest absolute Gasteiger partial charge is 0.462 e. The molecule has 0 heterocycles. The highest BCUT2D eigenvalue weighted by molar-refractivity contribution is 5.71. The van der Waals surface area contributed by atoms with E-state index in [9.17, 15) is 14.4 Å². The maximum absolute atomic E-state index is 12.9. The molecule has 1 atom stereocenters. The molecule has 0 aliphatic carbocycles. The quantitative estimate of drug-likeness (QED) is 0.0261. The van der Waals surface area contributed by atoms with Gasteiger partial charge in [0, 0.05) is 19.3 Å². The Morgan fingerprint density at radius 3 is 0.773 bits per heavy atom. The van der Waals surface area contributed by atoms with Crippen molar-refractivity contribution in [2.45, 2.75) is 348 Å². The Balaban J connectivity index is 4.25. The van der Waals surface area contributed by atoms with E-state index in [-0.39, 0.29) is 31.1 Å². The smallest absolute Gasteiger partial charge is 0.306 e. The second-order valence-corrected chi connectivity index (χ2v) is 22.0. The number of rotatable bonds is 60. The highest BCUT2D eigenvalue weighted by Crippen LogP contribution is 2.17. The predicted octanol–water partition coefficient (Wildman–Crippen LogP) is 22.3. The van der Waals surface area contributed by atoms with E-state index in [0.29, 0.717) is 19.3 Å². The summed E-state index contributed by atoms with van der Waals surface area (Å²) < 4.78 is 16.9. The molecular weight excluding hydrogens is 925 g/mol. The maximum atomic E-state index is 12.9. The number of allylic oxidation sites excluding steroid dienone is 10. The van der Waals surface area contributed by atoms with Crippen LogP contribution in [0, 0.1) is 0 Å². The molecule has 436 valence electrons. The van der Waals surface area contributed by atoms with Crippen molar-refractivity contribution in [3.05, 3.63) is 60.8 Å². The minimum atomic E-state index is -0.787. The number of hydrogen-bond donors (Lipinski definition) is 0. The van der Waals surface area contributed by atoms with Crippen LogP contribution in [0.3, 0.4) is 0 Å². The van der Waals surface area contributed by atoms with Gasteiger partial charge in [0.15, 0.2) is 6.10 Å². The molecule has 0 amide bonds. The van der Waals surface area contributed by atoms with Gasteiger partial charge in [0.05, 0.1) is 0 Å². The average molecular weight is 1050 g/mol. The summed E-state index contributed by atoms with van der Waals surface area (Å²) >= 11 is 0. The maximum Gasteiger partial charge on any atom is 0.306 e. The van der Waals surface area contributed by atoms with Crippen molar-refractivity contribution in [2.75, 3.05) is 13.2 Å². The molecule has 6 nitrogen and oxygen atoms in total. The van der Waals surface area contributed by atoms with Gasteiger partial charge in [-0.2, -0.15) is 0 Å². The Labute approximate surface area is 466 Å². The van der Waals surface area contributed by atoms with Crippen LogP contribution in [0.15, 0.2) is 60.8 Å². The molecule has 0 aromatic heterocycles. The van der Waals surface area contributed by atoms with E-state index >= 15 is 0 Å². The Morgan fingerprint density at radius 2 is 0.480 bits per heavy atom. The molecule has 0 aromatic carbocycles. The molecular formula is C69H124O6. The summed E-state index contributed by atoms with van der Waals surface area (Å²) in [7, 11) is 0. The van der Waals surface area contributed by atoms with Gasteiger partial charge in [0.2, 0.25) is 0 Å². The van der Waals surface area contributed by atoms with Crippen LogP contribution in [-0.4, -0.2) is 37.2 Å². The Bertz CT molecular complexity index is 1340. The number of carbonyl (C=O) groups is 3. The highest BCUT2D eigenvalue weighted by Gasteiger charge is 2.19. The van der Waals surface area contributed by atoms with Gasteiger partial charge in [0.25, 0.3) is 0 Å². The van der Waals surface area contributed by atoms with Gasteiger partial charge < -0.3 is 14.2 Å². The van der Waals surface area contributed by atoms with E-state index in [0.717, 1.165) is 103 Å². The predicted molar refractivity (Wildman–Crippen MR) is 325 cm³/mol. The van der Waals surface area contributed by atoms with Crippen molar-refractivity contribution in [1.82, 2.24) is 0 Å². The van der Waals surface area contributed by atoms with Crippen LogP contribution in [0.5, 0.6) is 0 Å². The molecule has 0 saturated heterocycles. The standard InChI is InChI=1S/C69H124O6/c1-4-7-10-13-16-19-22-25-28-29-30-31-32-33-34-35-36-37-38-39-42-44-47-50-53-56-59-62-68(71)74-65-66(75-69(72)63-60-57-54-51-48-45-41-27-24-21-18-15-12-9-6-3)64-73-67(70)61-58-55-52-49-46-43-40-26-23-20-17-14-11-8-5-2/h17-18,20-21,26-27,29-30,40-41,66H,4-16,19,22-25,28,31-39,42-65H2,1-3H3/b20-17-,21-18-,30-29-,40-26-,41-27-. The first-order valence-electron chi connectivity index (χ1n) is 32.8. The van der Waals surface area contributed by atoms with Gasteiger partial charge in [-0.05, 0) is 109 Å². The van der Waals surface area contributed by atoms with Gasteiger partial charge in [-0.1, -0.05) is 274 Å². The van der Waals surface area contributed by atoms with E-state index in [1.807, 2.05) is 0 Å². The van der Waals surface area contributed by atoms with Crippen molar-refractivity contribution >= 4 is 17.9 Å². The number of hydrogen-bond acceptors (Lipinski definition) is 6. The molecule has 0 N–H and O–H groups in total. The van der Waals surface area contributed by atoms with Crippen LogP contribution in [0.4, 0.5) is 0 Å². The lowest BCUT2D eigenvalue weighted by atomic mass is 10.0. The van der Waals surface area contributed by atoms with Crippen LogP contribution in [-0.2, 0) is 28.6 Å². The molecule has 6 heteroatoms. The van der Waals surface area contributed by atoms with Crippen LogP contribution < -0.4 is 0 Å². The van der Waals surface area contributed by atoms with Crippen molar-refractivity contribution in [1.29, 1.82) is 0 Å². The molecule has 0 rings (SSSR count). The summed E-state index contributed by atoms with van der Waals surface area (Å²) in [5.41, 5.74) is 0. The van der Waals surface area contributed by atoms with Crippen molar-refractivity contribution in [3.8, 4) is 0 Å². The van der Waals surface area contributed by atoms with Gasteiger partial charge in [-0.25, -0.2) is 0 Å². The van der Waals surface area contributed by atoms with E-state index in [1.165, 1.54) is 199 Å². The normalized spacial score (nSPS) is 12.4. The molecule has 1 unspecified atom stereocenters. The lowest BCUT2D eigenvalue weighted by Gasteiger charge is -2.18. The van der Waals surface area contributed by atoms with Gasteiger partial charge in [-0.3, -0.25) is 14.4 Å². The first kappa shape index (κ1) is 72.1. The first-order valence-corrected chi connectivity index (χ1v) is 32.8. The number of esters is 3. The second kappa shape index (κ2) is 63.6. The van der Waals surface area contributed by atoms with E-state index < -0.39 is 6.10 Å². The number of carbonyl (C=O) groups excluding carboxylic acids is 3. The molecule has 0 saturated carbocycles. The lowest BCUT2D eigenvalue weighted by molar-refractivity contribution is -0.167. The van der Waals surface area contributed by atoms with Gasteiger partial charge >= 0.3 is 17.9 Å². The zero-order valence-corrected chi connectivity index (χ0v) is 50.1. The summed E-state index contributed by atoms with van der Waals surface area (Å²) in [6.45, 7) is 6.60. The van der Waals surface area contributed by atoms with Gasteiger partial charge in [0.1, 0.15) is 13.2 Å². The van der Waals surface area contributed by atoms with Crippen LogP contribution in [0.25, 0.3) is 0 Å². The van der Waals surface area contributed by atoms with Crippen molar-refractivity contribution in [2.24, 2.45) is 0 Å². The van der Waals surface area contributed by atoms with E-state index in [1.54, 1.807) is 0 Å². The Kier molecular flexibility index (Phi) is 61.2. The average Bonchev–Trinajstić information content (AvgIpc) is 3.41. The molecule has 0 spiro atoms. The van der Waals surface area contributed by atoms with Crippen LogP contribution >= 0.6 is 0 Å². The SMILES string of the molecule is CCCCC/C=C\C/C=C\CCCCCCCC(=O)OCC(COC(=O)CCCCCCCCCCCCCCCCC/C=C\CCCCCCCCCC)OC(=O)CCCCCCC/C=C\C/C=C\CCCCC. The molecule has 0 aliphatic rings. The summed E-state index contributed by atoms with van der Waals surface area (Å²) in [6.07, 6.45) is 80.9. The number of unbranched alkanes of at least 4 members (excludes halogenated alkanes) is 39. The Hall–Kier alpha value is -2.89. The zero-order valence-electron chi connectivity index (χ0n) is 50.1. The fraction of sp³-hybridized carbons (Fsp3) is 0.812. The van der Waals surface area contributed by atoms with Crippen LogP contribution in [0.2, 0.25) is 0 Å². The topological polar surface area (TPSA) is 78.9 Å². The fourth-order valence-corrected chi connectivity index (χ4v) is 9.50. The second-order valence-electron chi connectivity index (χ2n) is 22.0. The fourth-order valence-electron chi connectivity index (χ4n) is 9.50. The number of ether oxygens (including phenoxy) is 3. The Morgan fingerprint density at radius 1 is 0.267 bits per heavy atom. The molecule has 0 aromatic rings. The monoisotopic (exact) mass is 1050 g/mol. The molecule has 0 aliphatic heterocycles. The molecule has 0 bridgehead atoms. The summed E-state index contributed by atoms with van der Waals surface area (Å²) in [4.78, 5) is 38.3. The summed E-state index contributed by atoms with van der Waals surface area (Å²) in [6, 6.07) is 0. The van der Waals surface area contributed by atoms with Crippen molar-refractivity contribution < 1.29 is 28.6 Å². The minimum Gasteiger partial charge on any atom is -0.462 e.